The van der Waals surface area contributed by atoms with Crippen LogP contribution in [-0.2, 0) is 6.54 Å². The van der Waals surface area contributed by atoms with Crippen LogP contribution < -0.4 is 16.1 Å². The highest BCUT2D eigenvalue weighted by Crippen LogP contribution is 2.20. The molecule has 0 saturated heterocycles. The first-order chi connectivity index (χ1) is 15.1. The van der Waals surface area contributed by atoms with Crippen molar-refractivity contribution in [3.63, 3.8) is 0 Å². The fourth-order valence-corrected chi connectivity index (χ4v) is 2.80. The van der Waals surface area contributed by atoms with Gasteiger partial charge in [0.05, 0.1) is 18.5 Å². The number of carbonyl (C=O) groups excluding carboxylic acids is 1. The van der Waals surface area contributed by atoms with Crippen molar-refractivity contribution in [1.29, 1.82) is 0 Å². The monoisotopic (exact) mass is 418 g/mol. The van der Waals surface area contributed by atoms with Crippen molar-refractivity contribution in [2.75, 3.05) is 17.7 Å². The third-order valence-corrected chi connectivity index (χ3v) is 4.32. The van der Waals surface area contributed by atoms with Gasteiger partial charge in [-0.2, -0.15) is 9.78 Å². The minimum atomic E-state index is -0.544. The Balaban J connectivity index is 1.62. The van der Waals surface area contributed by atoms with Crippen LogP contribution in [0.25, 0.3) is 5.82 Å². The summed E-state index contributed by atoms with van der Waals surface area (Å²) in [6.45, 7) is 0.276. The van der Waals surface area contributed by atoms with Gasteiger partial charge in [-0.3, -0.25) is 9.78 Å². The smallest absolute Gasteiger partial charge is 0.293 e. The molecule has 3 heterocycles. The Morgan fingerprint density at radius 2 is 2.10 bits per heavy atom. The van der Waals surface area contributed by atoms with Crippen LogP contribution in [0, 0.1) is 0 Å². The van der Waals surface area contributed by atoms with E-state index in [9.17, 15) is 4.79 Å². The predicted molar refractivity (Wildman–Crippen MR) is 111 cm³/mol. The highest BCUT2D eigenvalue weighted by atomic mass is 16.6. The summed E-state index contributed by atoms with van der Waals surface area (Å²) in [4.78, 5) is 18.7. The van der Waals surface area contributed by atoms with Crippen molar-refractivity contribution in [3.05, 3.63) is 71.8 Å². The Bertz CT molecular complexity index is 1190. The molecule has 0 saturated carbocycles. The molecule has 0 radical (unpaired) electrons. The van der Waals surface area contributed by atoms with E-state index in [1.807, 2.05) is 42.3 Å². The Labute approximate surface area is 176 Å². The van der Waals surface area contributed by atoms with E-state index in [-0.39, 0.29) is 23.9 Å². The van der Waals surface area contributed by atoms with Crippen molar-refractivity contribution >= 4 is 23.6 Å². The highest BCUT2D eigenvalue weighted by molar-refractivity contribution is 5.94. The molecule has 3 N–H and O–H groups in total. The first-order valence-corrected chi connectivity index (χ1v) is 9.16. The summed E-state index contributed by atoms with van der Waals surface area (Å²) in [5.41, 5.74) is 10.4. The van der Waals surface area contributed by atoms with Crippen LogP contribution in [0.5, 0.6) is 0 Å². The molecule has 12 nitrogen and oxygen atoms in total. The average molecular weight is 418 g/mol. The minimum absolute atomic E-state index is 0.0232. The van der Waals surface area contributed by atoms with Crippen molar-refractivity contribution in [3.8, 4) is 5.82 Å². The molecule has 4 aromatic rings. The number of aromatic nitrogens is 6. The second-order valence-electron chi connectivity index (χ2n) is 6.45. The number of nitrogen functional groups attached to an aromatic ring is 1. The van der Waals surface area contributed by atoms with Gasteiger partial charge >= 0.3 is 0 Å². The molecule has 0 aliphatic heterocycles. The predicted octanol–water partition coefficient (Wildman–Crippen LogP) is 1.03. The van der Waals surface area contributed by atoms with Gasteiger partial charge in [0.15, 0.2) is 5.69 Å². The molecule has 0 fully saturated rings. The van der Waals surface area contributed by atoms with Gasteiger partial charge in [0.2, 0.25) is 11.6 Å². The zero-order chi connectivity index (χ0) is 21.6. The normalized spacial score (nSPS) is 11.0. The van der Waals surface area contributed by atoms with Crippen LogP contribution in [0.1, 0.15) is 21.7 Å². The number of anilines is 2. The molecule has 31 heavy (non-hydrogen) atoms. The summed E-state index contributed by atoms with van der Waals surface area (Å²) >= 11 is 0. The van der Waals surface area contributed by atoms with Crippen molar-refractivity contribution < 1.29 is 9.42 Å². The number of carbonyl (C=O) groups is 1. The molecule has 0 atom stereocenters. The van der Waals surface area contributed by atoms with Crippen LogP contribution in [0.15, 0.2) is 64.6 Å². The Morgan fingerprint density at radius 3 is 2.81 bits per heavy atom. The number of amides is 1. The van der Waals surface area contributed by atoms with Crippen LogP contribution in [-0.4, -0.2) is 49.5 Å². The summed E-state index contributed by atoms with van der Waals surface area (Å²) < 4.78 is 6.00. The van der Waals surface area contributed by atoms with Crippen molar-refractivity contribution in [2.45, 2.75) is 6.54 Å². The van der Waals surface area contributed by atoms with Crippen LogP contribution >= 0.6 is 0 Å². The van der Waals surface area contributed by atoms with Gasteiger partial charge < -0.3 is 10.6 Å². The molecule has 1 aromatic carbocycles. The Morgan fingerprint density at radius 1 is 1.26 bits per heavy atom. The molecule has 3 aromatic heterocycles. The first kappa shape index (κ1) is 19.7. The maximum absolute atomic E-state index is 12.8. The second kappa shape index (κ2) is 8.82. The molecule has 4 rings (SSSR count). The van der Waals surface area contributed by atoms with E-state index in [0.717, 1.165) is 11.3 Å². The van der Waals surface area contributed by atoms with Gasteiger partial charge in [-0.25, -0.2) is 10.1 Å². The Hall–Kier alpha value is -4.61. The third kappa shape index (κ3) is 4.37. The molecule has 1 amide bonds. The molecule has 0 aliphatic carbocycles. The highest BCUT2D eigenvalue weighted by Gasteiger charge is 2.25. The molecule has 0 unspecified atom stereocenters. The number of nitrogens with one attached hydrogen (secondary N) is 1. The standard InChI is InChI=1S/C19H18N10O2/c1-28(14-7-3-2-4-8-14)12-15-16(23-27-29(15)18-17(20)25-31-26-18)19(30)24-22-11-13-6-5-9-21-10-13/h2-11H,12H2,1H3,(H2,20,25)(H,24,30)/b22-11+. The third-order valence-electron chi connectivity index (χ3n) is 4.32. The number of hydrogen-bond donors (Lipinski definition) is 2. The van der Waals surface area contributed by atoms with E-state index >= 15 is 0 Å². The van der Waals surface area contributed by atoms with Crippen molar-refractivity contribution in [1.82, 2.24) is 35.7 Å². The number of rotatable bonds is 7. The van der Waals surface area contributed by atoms with Crippen LogP contribution in [0.2, 0.25) is 0 Å². The van der Waals surface area contributed by atoms with Crippen LogP contribution in [0.4, 0.5) is 11.5 Å². The molecule has 0 aliphatic rings. The minimum Gasteiger partial charge on any atom is -0.378 e. The fraction of sp³-hybridized carbons (Fsp3) is 0.105. The summed E-state index contributed by atoms with van der Waals surface area (Å²) in [7, 11) is 1.87. The van der Waals surface area contributed by atoms with E-state index in [1.165, 1.54) is 10.9 Å². The molecule has 12 heteroatoms. The lowest BCUT2D eigenvalue weighted by Crippen LogP contribution is -2.24. The van der Waals surface area contributed by atoms with E-state index in [1.54, 1.807) is 24.5 Å². The molecular formula is C19H18N10O2. The van der Waals surface area contributed by atoms with Gasteiger partial charge in [0.1, 0.15) is 0 Å². The summed E-state index contributed by atoms with van der Waals surface area (Å²) in [6, 6.07) is 13.2. The largest absolute Gasteiger partial charge is 0.378 e. The maximum Gasteiger partial charge on any atom is 0.293 e. The molecule has 156 valence electrons. The summed E-state index contributed by atoms with van der Waals surface area (Å²) in [5.74, 6) is -0.380. The molecule has 0 bridgehead atoms. The number of hydrogen-bond acceptors (Lipinski definition) is 10. The Kier molecular flexibility index (Phi) is 5.60. The van der Waals surface area contributed by atoms with Crippen LogP contribution in [0.3, 0.4) is 0 Å². The SMILES string of the molecule is CN(Cc1c(C(=O)N/N=C/c2cccnc2)nnn1-c1nonc1N)c1ccccc1. The quantitative estimate of drug-likeness (QED) is 0.331. The number of nitrogens with two attached hydrogens (primary N) is 1. The van der Waals surface area contributed by atoms with E-state index in [2.05, 4.69) is 40.8 Å². The van der Waals surface area contributed by atoms with E-state index in [0.29, 0.717) is 5.69 Å². The van der Waals surface area contributed by atoms with E-state index < -0.39 is 5.91 Å². The van der Waals surface area contributed by atoms with Gasteiger partial charge in [0.25, 0.3) is 5.91 Å². The number of nitrogens with zero attached hydrogens (tertiary/aromatic N) is 8. The summed E-state index contributed by atoms with van der Waals surface area (Å²) in [5, 5.41) is 19.3. The fourth-order valence-electron chi connectivity index (χ4n) is 2.80. The van der Waals surface area contributed by atoms with E-state index in [4.69, 9.17) is 5.73 Å². The average Bonchev–Trinajstić information content (AvgIpc) is 3.40. The lowest BCUT2D eigenvalue weighted by atomic mass is 10.2. The first-order valence-electron chi connectivity index (χ1n) is 9.16. The number of pyridine rings is 1. The van der Waals surface area contributed by atoms with Gasteiger partial charge in [0, 0.05) is 30.7 Å². The zero-order valence-corrected chi connectivity index (χ0v) is 16.5. The second-order valence-corrected chi connectivity index (χ2v) is 6.45. The van der Waals surface area contributed by atoms with Gasteiger partial charge in [-0.05, 0) is 28.5 Å². The lowest BCUT2D eigenvalue weighted by Gasteiger charge is -2.19. The maximum atomic E-state index is 12.8. The van der Waals surface area contributed by atoms with Crippen molar-refractivity contribution in [2.24, 2.45) is 5.10 Å². The van der Waals surface area contributed by atoms with Gasteiger partial charge in [-0.1, -0.05) is 29.5 Å². The summed E-state index contributed by atoms with van der Waals surface area (Å²) in [6.07, 6.45) is 4.74. The zero-order valence-electron chi connectivity index (χ0n) is 16.5. The number of para-hydroxylation sites is 1. The molecule has 0 spiro atoms. The lowest BCUT2D eigenvalue weighted by molar-refractivity contribution is 0.0949. The van der Waals surface area contributed by atoms with Gasteiger partial charge in [-0.15, -0.1) is 5.10 Å². The number of hydrazone groups is 1. The molecular weight excluding hydrogens is 400 g/mol. The topological polar surface area (TPSA) is 153 Å². The number of benzene rings is 1.